The van der Waals surface area contributed by atoms with Crippen molar-refractivity contribution in [2.75, 3.05) is 18.1 Å². The number of unbranched alkanes of at least 4 members (excludes halogenated alkanes) is 5. The van der Waals surface area contributed by atoms with Gasteiger partial charge in [0.05, 0.1) is 12.5 Å². The Morgan fingerprint density at radius 2 is 1.76 bits per heavy atom. The summed E-state index contributed by atoms with van der Waals surface area (Å²) in [7, 11) is 0. The highest BCUT2D eigenvalue weighted by atomic mass is 32.2. The van der Waals surface area contributed by atoms with Crippen LogP contribution >= 0.6 is 11.8 Å². The second kappa shape index (κ2) is 12.3. The monoisotopic (exact) mass is 260 g/mol. The van der Waals surface area contributed by atoms with Crippen molar-refractivity contribution in [1.82, 2.24) is 0 Å². The van der Waals surface area contributed by atoms with Crippen molar-refractivity contribution in [3.63, 3.8) is 0 Å². The Hall–Kier alpha value is -0.180. The van der Waals surface area contributed by atoms with E-state index in [1.165, 1.54) is 44.3 Å². The van der Waals surface area contributed by atoms with E-state index >= 15 is 0 Å². The first-order valence-corrected chi connectivity index (χ1v) is 8.12. The summed E-state index contributed by atoms with van der Waals surface area (Å²) in [6.45, 7) is 6.54. The van der Waals surface area contributed by atoms with Gasteiger partial charge in [0, 0.05) is 5.75 Å². The summed E-state index contributed by atoms with van der Waals surface area (Å²) in [4.78, 5) is 11.3. The zero-order valence-electron chi connectivity index (χ0n) is 11.7. The molecule has 0 aliphatic rings. The van der Waals surface area contributed by atoms with Crippen molar-refractivity contribution >= 4 is 17.7 Å². The number of carbonyl (C=O) groups is 1. The van der Waals surface area contributed by atoms with Crippen LogP contribution in [0.2, 0.25) is 0 Å². The van der Waals surface area contributed by atoms with Gasteiger partial charge in [-0.2, -0.15) is 11.8 Å². The second-order valence-corrected chi connectivity index (χ2v) is 5.65. The summed E-state index contributed by atoms with van der Waals surface area (Å²) in [6, 6.07) is 0. The first kappa shape index (κ1) is 16.8. The van der Waals surface area contributed by atoms with Gasteiger partial charge in [-0.05, 0) is 19.1 Å². The number of hydrogen-bond acceptors (Lipinski definition) is 3. The topological polar surface area (TPSA) is 26.3 Å². The highest BCUT2D eigenvalue weighted by Gasteiger charge is 2.13. The molecule has 0 aliphatic carbocycles. The molecule has 2 nitrogen and oxygen atoms in total. The SMILES string of the molecule is CCCCCCCCSCC(C)C(=O)OCC. The van der Waals surface area contributed by atoms with E-state index in [0.29, 0.717) is 6.61 Å². The molecule has 1 atom stereocenters. The lowest BCUT2D eigenvalue weighted by atomic mass is 10.1. The summed E-state index contributed by atoms with van der Waals surface area (Å²) >= 11 is 1.88. The Kier molecular flexibility index (Phi) is 12.2. The van der Waals surface area contributed by atoms with E-state index in [9.17, 15) is 4.79 Å². The smallest absolute Gasteiger partial charge is 0.309 e. The minimum Gasteiger partial charge on any atom is -0.466 e. The largest absolute Gasteiger partial charge is 0.466 e. The van der Waals surface area contributed by atoms with Crippen LogP contribution in [0.25, 0.3) is 0 Å². The molecule has 0 bridgehead atoms. The van der Waals surface area contributed by atoms with Crippen LogP contribution in [0.3, 0.4) is 0 Å². The second-order valence-electron chi connectivity index (χ2n) is 4.50. The number of thioether (sulfide) groups is 1. The number of rotatable bonds is 11. The molecule has 0 spiro atoms. The molecule has 3 heteroatoms. The highest BCUT2D eigenvalue weighted by Crippen LogP contribution is 2.13. The predicted octanol–water partition coefficient (Wildman–Crippen LogP) is 4.28. The first-order valence-electron chi connectivity index (χ1n) is 6.96. The maximum Gasteiger partial charge on any atom is 0.309 e. The predicted molar refractivity (Wildman–Crippen MR) is 76.5 cm³/mol. The average molecular weight is 260 g/mol. The third-order valence-corrected chi connectivity index (χ3v) is 4.01. The fraction of sp³-hybridized carbons (Fsp3) is 0.929. The quantitative estimate of drug-likeness (QED) is 0.410. The minimum absolute atomic E-state index is 0.0417. The Morgan fingerprint density at radius 3 is 2.41 bits per heavy atom. The molecular formula is C14H28O2S. The summed E-state index contributed by atoms with van der Waals surface area (Å²) in [5.41, 5.74) is 0. The summed E-state index contributed by atoms with van der Waals surface area (Å²) in [5, 5.41) is 0. The van der Waals surface area contributed by atoms with E-state index in [0.717, 1.165) is 5.75 Å². The van der Waals surface area contributed by atoms with Crippen LogP contribution in [0.15, 0.2) is 0 Å². The van der Waals surface area contributed by atoms with Crippen molar-refractivity contribution in [3.05, 3.63) is 0 Å². The molecule has 0 aromatic heterocycles. The van der Waals surface area contributed by atoms with Gasteiger partial charge in [0.2, 0.25) is 0 Å². The van der Waals surface area contributed by atoms with E-state index in [4.69, 9.17) is 4.74 Å². The van der Waals surface area contributed by atoms with Crippen LogP contribution in [0, 0.1) is 5.92 Å². The molecule has 0 radical (unpaired) electrons. The first-order chi connectivity index (χ1) is 8.22. The molecule has 0 saturated heterocycles. The minimum atomic E-state index is -0.0528. The Labute approximate surface area is 111 Å². The molecule has 0 rings (SSSR count). The molecule has 0 fully saturated rings. The maximum atomic E-state index is 11.3. The third kappa shape index (κ3) is 10.7. The Balaban J connectivity index is 3.24. The van der Waals surface area contributed by atoms with Gasteiger partial charge in [-0.3, -0.25) is 4.79 Å². The normalized spacial score (nSPS) is 12.4. The van der Waals surface area contributed by atoms with Gasteiger partial charge >= 0.3 is 5.97 Å². The van der Waals surface area contributed by atoms with Gasteiger partial charge in [-0.1, -0.05) is 46.0 Å². The fourth-order valence-electron chi connectivity index (χ4n) is 1.60. The highest BCUT2D eigenvalue weighted by molar-refractivity contribution is 7.99. The van der Waals surface area contributed by atoms with Crippen LogP contribution in [-0.4, -0.2) is 24.1 Å². The van der Waals surface area contributed by atoms with Crippen LogP contribution in [0.1, 0.15) is 59.3 Å². The van der Waals surface area contributed by atoms with E-state index in [2.05, 4.69) is 6.92 Å². The Morgan fingerprint density at radius 1 is 1.12 bits per heavy atom. The zero-order chi connectivity index (χ0) is 12.9. The molecule has 0 saturated carbocycles. The third-order valence-electron chi connectivity index (χ3n) is 2.70. The van der Waals surface area contributed by atoms with Crippen molar-refractivity contribution in [2.24, 2.45) is 5.92 Å². The molecule has 0 aromatic carbocycles. The molecule has 0 amide bonds. The lowest BCUT2D eigenvalue weighted by Gasteiger charge is -2.09. The van der Waals surface area contributed by atoms with Gasteiger partial charge < -0.3 is 4.74 Å². The van der Waals surface area contributed by atoms with Crippen molar-refractivity contribution in [1.29, 1.82) is 0 Å². The maximum absolute atomic E-state index is 11.3. The van der Waals surface area contributed by atoms with E-state index in [1.54, 1.807) is 0 Å². The number of hydrogen-bond donors (Lipinski definition) is 0. The van der Waals surface area contributed by atoms with Gasteiger partial charge in [0.25, 0.3) is 0 Å². The molecule has 17 heavy (non-hydrogen) atoms. The Bertz CT molecular complexity index is 183. The van der Waals surface area contributed by atoms with E-state index < -0.39 is 0 Å². The fourth-order valence-corrected chi connectivity index (χ4v) is 2.66. The molecule has 0 N–H and O–H groups in total. The standard InChI is InChI=1S/C14H28O2S/c1-4-6-7-8-9-10-11-17-12-13(3)14(15)16-5-2/h13H,4-12H2,1-3H3. The van der Waals surface area contributed by atoms with Gasteiger partial charge in [-0.15, -0.1) is 0 Å². The zero-order valence-corrected chi connectivity index (χ0v) is 12.5. The van der Waals surface area contributed by atoms with Crippen molar-refractivity contribution in [2.45, 2.75) is 59.3 Å². The van der Waals surface area contributed by atoms with E-state index in [-0.39, 0.29) is 11.9 Å². The van der Waals surface area contributed by atoms with Crippen LogP contribution < -0.4 is 0 Å². The lowest BCUT2D eigenvalue weighted by Crippen LogP contribution is -2.16. The molecular weight excluding hydrogens is 232 g/mol. The van der Waals surface area contributed by atoms with Gasteiger partial charge in [0.1, 0.15) is 0 Å². The van der Waals surface area contributed by atoms with Crippen LogP contribution in [0.4, 0.5) is 0 Å². The van der Waals surface area contributed by atoms with Crippen molar-refractivity contribution < 1.29 is 9.53 Å². The molecule has 1 unspecified atom stereocenters. The van der Waals surface area contributed by atoms with Crippen molar-refractivity contribution in [3.8, 4) is 0 Å². The summed E-state index contributed by atoms with van der Waals surface area (Å²) < 4.78 is 4.97. The molecule has 0 aliphatic heterocycles. The average Bonchev–Trinajstić information content (AvgIpc) is 2.32. The number of ether oxygens (including phenoxy) is 1. The lowest BCUT2D eigenvalue weighted by molar-refractivity contribution is -0.146. The van der Waals surface area contributed by atoms with Crippen LogP contribution in [-0.2, 0) is 9.53 Å². The molecule has 0 aromatic rings. The molecule has 0 heterocycles. The van der Waals surface area contributed by atoms with Crippen LogP contribution in [0.5, 0.6) is 0 Å². The molecule has 102 valence electrons. The summed E-state index contributed by atoms with van der Waals surface area (Å²) in [5.74, 6) is 2.06. The summed E-state index contributed by atoms with van der Waals surface area (Å²) in [6.07, 6.45) is 8.03. The number of esters is 1. The van der Waals surface area contributed by atoms with Gasteiger partial charge in [-0.25, -0.2) is 0 Å². The number of carbonyl (C=O) groups excluding carboxylic acids is 1. The van der Waals surface area contributed by atoms with E-state index in [1.807, 2.05) is 25.6 Å². The van der Waals surface area contributed by atoms with Gasteiger partial charge in [0.15, 0.2) is 0 Å².